The molecule has 1 aliphatic carbocycles. The van der Waals surface area contributed by atoms with E-state index >= 15 is 0 Å². The molecule has 0 unspecified atom stereocenters. The molecular formula is C42H31N3O. The van der Waals surface area contributed by atoms with Crippen molar-refractivity contribution >= 4 is 60.2 Å². The molecule has 0 amide bonds. The summed E-state index contributed by atoms with van der Waals surface area (Å²) in [6.07, 6.45) is 9.42. The van der Waals surface area contributed by atoms with Crippen molar-refractivity contribution in [3.63, 3.8) is 0 Å². The normalized spacial score (nSPS) is 16.1. The lowest BCUT2D eigenvalue weighted by Gasteiger charge is -2.28. The van der Waals surface area contributed by atoms with Crippen molar-refractivity contribution < 1.29 is 4.42 Å². The van der Waals surface area contributed by atoms with E-state index in [0.717, 1.165) is 89.0 Å². The van der Waals surface area contributed by atoms with Gasteiger partial charge in [0.25, 0.3) is 0 Å². The Kier molecular flexibility index (Phi) is 5.72. The van der Waals surface area contributed by atoms with Gasteiger partial charge in [0.1, 0.15) is 11.2 Å². The summed E-state index contributed by atoms with van der Waals surface area (Å²) < 4.78 is 9.12. The van der Waals surface area contributed by atoms with Gasteiger partial charge in [0, 0.05) is 43.6 Å². The minimum absolute atomic E-state index is 0.262. The number of rotatable bonds is 2. The van der Waals surface area contributed by atoms with Crippen LogP contribution in [0.4, 0.5) is 0 Å². The molecule has 46 heavy (non-hydrogen) atoms. The zero-order valence-corrected chi connectivity index (χ0v) is 25.8. The van der Waals surface area contributed by atoms with E-state index in [1.807, 2.05) is 18.2 Å². The van der Waals surface area contributed by atoms with E-state index in [9.17, 15) is 0 Å². The van der Waals surface area contributed by atoms with Crippen molar-refractivity contribution in [2.45, 2.75) is 25.7 Å². The molecule has 3 heterocycles. The zero-order chi connectivity index (χ0) is 31.0. The summed E-state index contributed by atoms with van der Waals surface area (Å²) >= 11 is 0. The summed E-state index contributed by atoms with van der Waals surface area (Å²) in [5, 5.41) is 5.50. The number of nitrogens with zero attached hydrogens (tertiary/aromatic N) is 3. The molecule has 0 bridgehead atoms. The fourth-order valence-corrected chi connectivity index (χ4v) is 7.38. The molecule has 3 aromatic heterocycles. The largest absolute Gasteiger partial charge is 0.456 e. The first kappa shape index (κ1) is 26.6. The first-order valence-electron chi connectivity index (χ1n) is 15.8. The summed E-state index contributed by atoms with van der Waals surface area (Å²) in [6.45, 7) is 9.29. The lowest BCUT2D eigenvalue weighted by atomic mass is 9.76. The average Bonchev–Trinajstić information content (AvgIpc) is 3.64. The van der Waals surface area contributed by atoms with Crippen LogP contribution in [0, 0.1) is 0 Å². The highest BCUT2D eigenvalue weighted by atomic mass is 16.3. The summed E-state index contributed by atoms with van der Waals surface area (Å²) in [5.41, 5.74) is 9.64. The van der Waals surface area contributed by atoms with E-state index in [-0.39, 0.29) is 5.41 Å². The predicted molar refractivity (Wildman–Crippen MR) is 192 cm³/mol. The van der Waals surface area contributed by atoms with Crippen LogP contribution in [0.25, 0.3) is 77.4 Å². The Bertz CT molecular complexity index is 2600. The zero-order valence-electron chi connectivity index (χ0n) is 25.8. The molecule has 0 saturated heterocycles. The number of para-hydroxylation sites is 3. The third-order valence-corrected chi connectivity index (χ3v) is 9.44. The third kappa shape index (κ3) is 3.80. The molecule has 0 aliphatic heterocycles. The number of furan rings is 1. The maximum Gasteiger partial charge on any atom is 0.235 e. The Hall–Kier alpha value is -5.74. The van der Waals surface area contributed by atoms with Crippen molar-refractivity contribution in [1.29, 1.82) is 0 Å². The molecule has 4 heteroatoms. The third-order valence-electron chi connectivity index (χ3n) is 9.44. The van der Waals surface area contributed by atoms with Crippen LogP contribution in [0.3, 0.4) is 0 Å². The maximum absolute atomic E-state index is 6.85. The quantitative estimate of drug-likeness (QED) is 0.200. The lowest BCUT2D eigenvalue weighted by Crippen LogP contribution is -2.19. The number of benzene rings is 5. The van der Waals surface area contributed by atoms with Gasteiger partial charge in [-0.3, -0.25) is 4.57 Å². The van der Waals surface area contributed by atoms with Gasteiger partial charge in [-0.05, 0) is 35.6 Å². The van der Waals surface area contributed by atoms with Crippen molar-refractivity contribution in [2.75, 3.05) is 0 Å². The van der Waals surface area contributed by atoms with Crippen LogP contribution in [0.5, 0.6) is 0 Å². The van der Waals surface area contributed by atoms with E-state index in [4.69, 9.17) is 14.4 Å². The molecule has 220 valence electrons. The second-order valence-corrected chi connectivity index (χ2v) is 12.8. The molecule has 8 aromatic rings. The van der Waals surface area contributed by atoms with E-state index in [1.165, 1.54) is 0 Å². The molecule has 0 spiro atoms. The summed E-state index contributed by atoms with van der Waals surface area (Å²) in [7, 11) is 0. The molecule has 4 nitrogen and oxygen atoms in total. The molecule has 0 atom stereocenters. The molecule has 0 fully saturated rings. The van der Waals surface area contributed by atoms with Gasteiger partial charge in [-0.2, -0.15) is 0 Å². The first-order valence-corrected chi connectivity index (χ1v) is 15.8. The Balaban J connectivity index is 1.56. The molecule has 0 saturated carbocycles. The number of fused-ring (bicyclic) bond motifs is 11. The maximum atomic E-state index is 6.85. The van der Waals surface area contributed by atoms with E-state index < -0.39 is 0 Å². The molecule has 1 aliphatic rings. The number of aromatic nitrogens is 3. The van der Waals surface area contributed by atoms with Gasteiger partial charge in [-0.25, -0.2) is 9.97 Å². The van der Waals surface area contributed by atoms with E-state index in [2.05, 4.69) is 134 Å². The van der Waals surface area contributed by atoms with Crippen molar-refractivity contribution in [2.24, 2.45) is 0 Å². The van der Waals surface area contributed by atoms with Crippen LogP contribution in [-0.4, -0.2) is 14.5 Å². The lowest BCUT2D eigenvalue weighted by molar-refractivity contribution is 0.525. The van der Waals surface area contributed by atoms with Crippen LogP contribution >= 0.6 is 0 Å². The van der Waals surface area contributed by atoms with Gasteiger partial charge in [0.15, 0.2) is 0 Å². The van der Waals surface area contributed by atoms with Crippen molar-refractivity contribution in [1.82, 2.24) is 14.5 Å². The molecule has 9 rings (SSSR count). The average molecular weight is 594 g/mol. The first-order chi connectivity index (χ1) is 22.5. The number of hydrogen-bond donors (Lipinski definition) is 0. The molecule has 0 N–H and O–H groups in total. The van der Waals surface area contributed by atoms with Crippen LogP contribution in [0.2, 0.25) is 0 Å². The number of hydrogen-bond acceptors (Lipinski definition) is 3. The van der Waals surface area contributed by atoms with E-state index in [0.29, 0.717) is 5.95 Å². The van der Waals surface area contributed by atoms with Crippen molar-refractivity contribution in [3.05, 3.63) is 145 Å². The fraction of sp³-hybridized carbons (Fsp3) is 0.0952. The SMILES string of the molecule is C=C1/C=C\C=C/CC(C)(C)c2c1c1c(c3ccccc3n1-c1nc(-c3ccccc3)c3ccccc3n1)c1c2oc2ccccc21. The Morgan fingerprint density at radius 2 is 1.46 bits per heavy atom. The highest BCUT2D eigenvalue weighted by molar-refractivity contribution is 6.30. The van der Waals surface area contributed by atoms with Gasteiger partial charge in [-0.15, -0.1) is 0 Å². The minimum Gasteiger partial charge on any atom is -0.456 e. The highest BCUT2D eigenvalue weighted by Crippen LogP contribution is 2.50. The second kappa shape index (κ2) is 9.88. The van der Waals surface area contributed by atoms with Gasteiger partial charge >= 0.3 is 0 Å². The number of allylic oxidation sites excluding steroid dienone is 5. The van der Waals surface area contributed by atoms with Crippen LogP contribution in [0.1, 0.15) is 31.4 Å². The van der Waals surface area contributed by atoms with Gasteiger partial charge in [-0.1, -0.05) is 130 Å². The Labute approximate surface area is 266 Å². The standard InChI is InChI=1S/C42H31N3O/c1-26-16-6-5-15-25-42(2,3)37-34(26)39-35(36-30-21-11-14-24-33(30)46-40(36)37)29-20-10-13-23-32(29)45(39)41-43-31-22-12-9-19-28(31)38(44-41)27-17-7-4-8-18-27/h4-24H,1,25H2,2-3H3/b15-5-,16-6-. The van der Waals surface area contributed by atoms with Crippen LogP contribution in [0.15, 0.2) is 138 Å². The van der Waals surface area contributed by atoms with Gasteiger partial charge in [0.2, 0.25) is 5.95 Å². The van der Waals surface area contributed by atoms with Crippen molar-refractivity contribution in [3.8, 4) is 17.2 Å². The Morgan fingerprint density at radius 3 is 2.30 bits per heavy atom. The Morgan fingerprint density at radius 1 is 0.739 bits per heavy atom. The van der Waals surface area contributed by atoms with Crippen LogP contribution in [-0.2, 0) is 5.41 Å². The topological polar surface area (TPSA) is 43.9 Å². The second-order valence-electron chi connectivity index (χ2n) is 12.8. The summed E-state index contributed by atoms with van der Waals surface area (Å²) in [6, 6.07) is 35.7. The highest BCUT2D eigenvalue weighted by Gasteiger charge is 2.34. The fourth-order valence-electron chi connectivity index (χ4n) is 7.38. The molecule has 5 aromatic carbocycles. The monoisotopic (exact) mass is 593 g/mol. The van der Waals surface area contributed by atoms with Gasteiger partial charge < -0.3 is 4.42 Å². The van der Waals surface area contributed by atoms with E-state index in [1.54, 1.807) is 0 Å². The summed E-state index contributed by atoms with van der Waals surface area (Å²) in [4.78, 5) is 10.7. The summed E-state index contributed by atoms with van der Waals surface area (Å²) in [5.74, 6) is 0.630. The van der Waals surface area contributed by atoms with Gasteiger partial charge in [0.05, 0.1) is 22.2 Å². The predicted octanol–water partition coefficient (Wildman–Crippen LogP) is 11.1. The molecular weight excluding hydrogens is 562 g/mol. The molecule has 0 radical (unpaired) electrons. The van der Waals surface area contributed by atoms with Crippen LogP contribution < -0.4 is 0 Å². The smallest absolute Gasteiger partial charge is 0.235 e. The minimum atomic E-state index is -0.262.